The molecule has 0 bridgehead atoms. The van der Waals surface area contributed by atoms with Crippen molar-refractivity contribution in [2.75, 3.05) is 26.0 Å². The number of nitrogens with zero attached hydrogens (tertiary/aromatic N) is 1. The standard InChI is InChI=1S/C13H22N2O3S/c1-4-11(9-10-16)14-12-7-5-6-8-13(12)19(17,18)15(2)3/h5-8,11,14,16H,4,9-10H2,1-3H3. The monoisotopic (exact) mass is 286 g/mol. The number of aliphatic hydroxyl groups excluding tert-OH is 1. The Balaban J connectivity index is 3.09. The summed E-state index contributed by atoms with van der Waals surface area (Å²) in [6, 6.07) is 6.89. The highest BCUT2D eigenvalue weighted by molar-refractivity contribution is 7.89. The minimum Gasteiger partial charge on any atom is -0.396 e. The number of sulfonamides is 1. The fraction of sp³-hybridized carbons (Fsp3) is 0.538. The molecule has 0 aromatic heterocycles. The maximum Gasteiger partial charge on any atom is 0.244 e. The van der Waals surface area contributed by atoms with Crippen LogP contribution in [-0.2, 0) is 10.0 Å². The number of para-hydroxylation sites is 1. The maximum atomic E-state index is 12.2. The van der Waals surface area contributed by atoms with Crippen molar-refractivity contribution in [3.8, 4) is 0 Å². The van der Waals surface area contributed by atoms with E-state index in [0.717, 1.165) is 6.42 Å². The topological polar surface area (TPSA) is 69.6 Å². The van der Waals surface area contributed by atoms with Gasteiger partial charge < -0.3 is 10.4 Å². The third kappa shape index (κ3) is 3.92. The number of rotatable bonds is 7. The Morgan fingerprint density at radius 2 is 1.95 bits per heavy atom. The van der Waals surface area contributed by atoms with Crippen molar-refractivity contribution in [1.82, 2.24) is 4.31 Å². The third-order valence-electron chi connectivity index (χ3n) is 2.98. The Labute approximate surface area is 115 Å². The van der Waals surface area contributed by atoms with Crippen molar-refractivity contribution in [2.45, 2.75) is 30.7 Å². The predicted octanol–water partition coefficient (Wildman–Crippen LogP) is 1.51. The average Bonchev–Trinajstić information content (AvgIpc) is 2.38. The first-order valence-corrected chi connectivity index (χ1v) is 7.76. The summed E-state index contributed by atoms with van der Waals surface area (Å²) in [6.45, 7) is 2.07. The highest BCUT2D eigenvalue weighted by atomic mass is 32.2. The first-order valence-electron chi connectivity index (χ1n) is 6.32. The number of aliphatic hydroxyl groups is 1. The summed E-state index contributed by atoms with van der Waals surface area (Å²) in [5.41, 5.74) is 0.580. The molecule has 0 aliphatic heterocycles. The average molecular weight is 286 g/mol. The van der Waals surface area contributed by atoms with Gasteiger partial charge in [0.25, 0.3) is 0 Å². The van der Waals surface area contributed by atoms with Crippen LogP contribution in [0.2, 0.25) is 0 Å². The summed E-state index contributed by atoms with van der Waals surface area (Å²) in [6.07, 6.45) is 1.41. The van der Waals surface area contributed by atoms with E-state index in [1.54, 1.807) is 24.3 Å². The molecular formula is C13H22N2O3S. The van der Waals surface area contributed by atoms with E-state index in [0.29, 0.717) is 12.1 Å². The number of nitrogens with one attached hydrogen (secondary N) is 1. The van der Waals surface area contributed by atoms with Crippen molar-refractivity contribution < 1.29 is 13.5 Å². The molecule has 0 radical (unpaired) electrons. The summed E-state index contributed by atoms with van der Waals surface area (Å²) in [5.74, 6) is 0. The van der Waals surface area contributed by atoms with Crippen molar-refractivity contribution in [3.05, 3.63) is 24.3 Å². The van der Waals surface area contributed by atoms with Gasteiger partial charge in [0.2, 0.25) is 10.0 Å². The van der Waals surface area contributed by atoms with Gasteiger partial charge in [-0.3, -0.25) is 0 Å². The van der Waals surface area contributed by atoms with E-state index in [1.165, 1.54) is 18.4 Å². The molecule has 0 amide bonds. The lowest BCUT2D eigenvalue weighted by Gasteiger charge is -2.21. The van der Waals surface area contributed by atoms with E-state index in [1.807, 2.05) is 6.92 Å². The Hall–Kier alpha value is -1.11. The molecule has 0 fully saturated rings. The SMILES string of the molecule is CCC(CCO)Nc1ccccc1S(=O)(=O)N(C)C. The maximum absolute atomic E-state index is 12.2. The molecule has 1 atom stereocenters. The summed E-state index contributed by atoms with van der Waals surface area (Å²) in [5, 5.41) is 12.2. The Morgan fingerprint density at radius 3 is 2.47 bits per heavy atom. The molecule has 0 saturated carbocycles. The second-order valence-corrected chi connectivity index (χ2v) is 6.67. The van der Waals surface area contributed by atoms with Gasteiger partial charge in [0.1, 0.15) is 4.90 Å². The molecule has 108 valence electrons. The molecule has 0 saturated heterocycles. The van der Waals surface area contributed by atoms with Gasteiger partial charge in [-0.1, -0.05) is 19.1 Å². The van der Waals surface area contributed by atoms with Crippen molar-refractivity contribution in [2.24, 2.45) is 0 Å². The lowest BCUT2D eigenvalue weighted by atomic mass is 10.1. The minimum atomic E-state index is -3.47. The molecule has 0 spiro atoms. The normalized spacial score (nSPS) is 13.5. The largest absolute Gasteiger partial charge is 0.396 e. The van der Waals surface area contributed by atoms with E-state index < -0.39 is 10.0 Å². The Bertz CT molecular complexity index is 500. The lowest BCUT2D eigenvalue weighted by Crippen LogP contribution is -2.26. The fourth-order valence-corrected chi connectivity index (χ4v) is 2.81. The summed E-state index contributed by atoms with van der Waals surface area (Å²) >= 11 is 0. The fourth-order valence-electron chi connectivity index (χ4n) is 1.76. The smallest absolute Gasteiger partial charge is 0.244 e. The van der Waals surface area contributed by atoms with E-state index in [4.69, 9.17) is 5.11 Å². The Morgan fingerprint density at radius 1 is 1.32 bits per heavy atom. The molecule has 1 rings (SSSR count). The molecule has 1 aromatic carbocycles. The van der Waals surface area contributed by atoms with E-state index in [2.05, 4.69) is 5.32 Å². The van der Waals surface area contributed by atoms with Crippen LogP contribution in [0.25, 0.3) is 0 Å². The second-order valence-electron chi connectivity index (χ2n) is 4.55. The van der Waals surface area contributed by atoms with Crippen LogP contribution in [0.1, 0.15) is 19.8 Å². The van der Waals surface area contributed by atoms with Crippen LogP contribution in [0.5, 0.6) is 0 Å². The van der Waals surface area contributed by atoms with Crippen LogP contribution in [0.3, 0.4) is 0 Å². The highest BCUT2D eigenvalue weighted by Crippen LogP contribution is 2.24. The van der Waals surface area contributed by atoms with Crippen molar-refractivity contribution in [1.29, 1.82) is 0 Å². The molecule has 0 aliphatic rings. The molecule has 0 aliphatic carbocycles. The van der Waals surface area contributed by atoms with Gasteiger partial charge in [-0.05, 0) is 25.0 Å². The molecule has 2 N–H and O–H groups in total. The summed E-state index contributed by atoms with van der Waals surface area (Å²) in [4.78, 5) is 0.261. The van der Waals surface area contributed by atoms with Crippen LogP contribution < -0.4 is 5.32 Å². The van der Waals surface area contributed by atoms with Crippen LogP contribution in [0, 0.1) is 0 Å². The van der Waals surface area contributed by atoms with Gasteiger partial charge in [0, 0.05) is 26.7 Å². The van der Waals surface area contributed by atoms with Gasteiger partial charge in [-0.15, -0.1) is 0 Å². The molecule has 6 heteroatoms. The quantitative estimate of drug-likeness (QED) is 0.797. The van der Waals surface area contributed by atoms with Crippen LogP contribution in [-0.4, -0.2) is 44.6 Å². The second kappa shape index (κ2) is 6.88. The number of hydrogen-bond acceptors (Lipinski definition) is 4. The van der Waals surface area contributed by atoms with Crippen molar-refractivity contribution >= 4 is 15.7 Å². The third-order valence-corrected chi connectivity index (χ3v) is 4.85. The molecule has 1 aromatic rings. The van der Waals surface area contributed by atoms with Gasteiger partial charge in [-0.25, -0.2) is 12.7 Å². The van der Waals surface area contributed by atoms with E-state index >= 15 is 0 Å². The molecular weight excluding hydrogens is 264 g/mol. The van der Waals surface area contributed by atoms with Crippen LogP contribution in [0.15, 0.2) is 29.2 Å². The molecule has 0 heterocycles. The predicted molar refractivity (Wildman–Crippen MR) is 76.7 cm³/mol. The first-order chi connectivity index (χ1) is 8.93. The minimum absolute atomic E-state index is 0.0588. The number of anilines is 1. The number of hydrogen-bond donors (Lipinski definition) is 2. The van der Waals surface area contributed by atoms with E-state index in [9.17, 15) is 8.42 Å². The lowest BCUT2D eigenvalue weighted by molar-refractivity contribution is 0.278. The number of benzene rings is 1. The zero-order chi connectivity index (χ0) is 14.5. The molecule has 1 unspecified atom stereocenters. The van der Waals surface area contributed by atoms with Gasteiger partial charge in [0.05, 0.1) is 5.69 Å². The van der Waals surface area contributed by atoms with Crippen LogP contribution >= 0.6 is 0 Å². The molecule has 5 nitrogen and oxygen atoms in total. The van der Waals surface area contributed by atoms with Gasteiger partial charge in [0.15, 0.2) is 0 Å². The summed E-state index contributed by atoms with van der Waals surface area (Å²) in [7, 11) is -0.446. The van der Waals surface area contributed by atoms with Crippen molar-refractivity contribution in [3.63, 3.8) is 0 Å². The zero-order valence-corrected chi connectivity index (χ0v) is 12.4. The zero-order valence-electron chi connectivity index (χ0n) is 11.6. The van der Waals surface area contributed by atoms with Gasteiger partial charge in [-0.2, -0.15) is 0 Å². The van der Waals surface area contributed by atoms with Crippen LogP contribution in [0.4, 0.5) is 5.69 Å². The Kier molecular flexibility index (Phi) is 5.78. The summed E-state index contributed by atoms with van der Waals surface area (Å²) < 4.78 is 25.6. The molecule has 19 heavy (non-hydrogen) atoms. The highest BCUT2D eigenvalue weighted by Gasteiger charge is 2.21. The van der Waals surface area contributed by atoms with E-state index in [-0.39, 0.29) is 17.5 Å². The first kappa shape index (κ1) is 15.9. The van der Waals surface area contributed by atoms with Gasteiger partial charge >= 0.3 is 0 Å².